The van der Waals surface area contributed by atoms with Gasteiger partial charge in [-0.15, -0.1) is 0 Å². The van der Waals surface area contributed by atoms with E-state index in [9.17, 15) is 8.78 Å². The van der Waals surface area contributed by atoms with Crippen molar-refractivity contribution in [3.05, 3.63) is 57.7 Å². The largest absolute Gasteiger partial charge is 0.206 e. The molecule has 2 rings (SSSR count). The van der Waals surface area contributed by atoms with Gasteiger partial charge in [-0.2, -0.15) is 0 Å². The zero-order valence-electron chi connectivity index (χ0n) is 7.68. The maximum absolute atomic E-state index is 13.3. The molecule has 0 bridgehead atoms. The van der Waals surface area contributed by atoms with Crippen LogP contribution < -0.4 is 0 Å². The Morgan fingerprint density at radius 1 is 0.800 bits per heavy atom. The van der Waals surface area contributed by atoms with Crippen LogP contribution in [-0.2, 0) is 0 Å². The van der Waals surface area contributed by atoms with Crippen molar-refractivity contribution in [1.29, 1.82) is 0 Å². The Balaban J connectivity index is 2.56. The van der Waals surface area contributed by atoms with Gasteiger partial charge < -0.3 is 0 Å². The highest BCUT2D eigenvalue weighted by Crippen LogP contribution is 2.24. The van der Waals surface area contributed by atoms with Crippen LogP contribution in [0.2, 0.25) is 0 Å². The second kappa shape index (κ2) is 4.26. The summed E-state index contributed by atoms with van der Waals surface area (Å²) in [6, 6.07) is 11.9. The maximum Gasteiger partial charge on any atom is 0.140 e. The standard InChI is InChI=1S/C12H7F2I/c13-10-6-9(7-11(14)12(10)15)8-4-2-1-3-5-8/h1-7H. The highest BCUT2D eigenvalue weighted by atomic mass is 127. The summed E-state index contributed by atoms with van der Waals surface area (Å²) < 4.78 is 26.6. The third-order valence-electron chi connectivity index (χ3n) is 2.09. The van der Waals surface area contributed by atoms with E-state index in [1.807, 2.05) is 30.3 Å². The Hall–Kier alpha value is -0.970. The average molecular weight is 316 g/mol. The van der Waals surface area contributed by atoms with E-state index in [1.54, 1.807) is 22.6 Å². The molecule has 2 aromatic rings. The molecule has 2 aromatic carbocycles. The van der Waals surface area contributed by atoms with Gasteiger partial charge in [-0.05, 0) is 45.9 Å². The minimum absolute atomic E-state index is 0.0345. The van der Waals surface area contributed by atoms with Crippen LogP contribution in [0.15, 0.2) is 42.5 Å². The highest BCUT2D eigenvalue weighted by Gasteiger charge is 2.08. The van der Waals surface area contributed by atoms with Crippen LogP contribution in [0.25, 0.3) is 11.1 Å². The van der Waals surface area contributed by atoms with Crippen molar-refractivity contribution in [3.8, 4) is 11.1 Å². The van der Waals surface area contributed by atoms with Crippen LogP contribution in [0.4, 0.5) is 8.78 Å². The van der Waals surface area contributed by atoms with Crippen LogP contribution in [0.5, 0.6) is 0 Å². The number of hydrogen-bond donors (Lipinski definition) is 0. The molecule has 0 saturated carbocycles. The predicted molar refractivity (Wildman–Crippen MR) is 64.5 cm³/mol. The molecule has 0 N–H and O–H groups in total. The number of rotatable bonds is 1. The van der Waals surface area contributed by atoms with Crippen LogP contribution in [0.1, 0.15) is 0 Å². The third kappa shape index (κ3) is 2.17. The minimum atomic E-state index is -0.519. The van der Waals surface area contributed by atoms with Gasteiger partial charge in [-0.25, -0.2) is 8.78 Å². The summed E-state index contributed by atoms with van der Waals surface area (Å²) in [7, 11) is 0. The molecule has 0 atom stereocenters. The van der Waals surface area contributed by atoms with Gasteiger partial charge in [0.15, 0.2) is 0 Å². The molecule has 0 unspecified atom stereocenters. The molecule has 0 nitrogen and oxygen atoms in total. The second-order valence-corrected chi connectivity index (χ2v) is 4.20. The molecule has 76 valence electrons. The van der Waals surface area contributed by atoms with E-state index in [0.29, 0.717) is 5.56 Å². The van der Waals surface area contributed by atoms with Gasteiger partial charge in [0.25, 0.3) is 0 Å². The Morgan fingerprint density at radius 3 is 1.87 bits per heavy atom. The van der Waals surface area contributed by atoms with Crippen LogP contribution in [-0.4, -0.2) is 0 Å². The number of halogens is 3. The molecule has 0 radical (unpaired) electrons. The Labute approximate surface area is 100 Å². The summed E-state index contributed by atoms with van der Waals surface area (Å²) in [5.74, 6) is -1.04. The second-order valence-electron chi connectivity index (χ2n) is 3.12. The zero-order valence-corrected chi connectivity index (χ0v) is 9.83. The molecule has 0 aliphatic rings. The molecule has 15 heavy (non-hydrogen) atoms. The normalized spacial score (nSPS) is 10.3. The van der Waals surface area contributed by atoms with E-state index in [1.165, 1.54) is 12.1 Å². The van der Waals surface area contributed by atoms with Crippen molar-refractivity contribution >= 4 is 22.6 Å². The summed E-state index contributed by atoms with van der Waals surface area (Å²) >= 11 is 1.65. The van der Waals surface area contributed by atoms with E-state index in [4.69, 9.17) is 0 Å². The summed E-state index contributed by atoms with van der Waals surface area (Å²) in [6.07, 6.45) is 0. The van der Waals surface area contributed by atoms with Crippen molar-refractivity contribution < 1.29 is 8.78 Å². The number of hydrogen-bond acceptors (Lipinski definition) is 0. The minimum Gasteiger partial charge on any atom is -0.206 e. The lowest BCUT2D eigenvalue weighted by Gasteiger charge is -2.03. The van der Waals surface area contributed by atoms with E-state index in [-0.39, 0.29) is 3.57 Å². The molecule has 3 heteroatoms. The van der Waals surface area contributed by atoms with Crippen LogP contribution >= 0.6 is 22.6 Å². The SMILES string of the molecule is Fc1cc(-c2ccccc2)cc(F)c1I. The molecule has 0 fully saturated rings. The maximum atomic E-state index is 13.3. The van der Waals surface area contributed by atoms with Crippen molar-refractivity contribution in [2.45, 2.75) is 0 Å². The van der Waals surface area contributed by atoms with Gasteiger partial charge in [-0.3, -0.25) is 0 Å². The number of benzene rings is 2. The van der Waals surface area contributed by atoms with Gasteiger partial charge >= 0.3 is 0 Å². The summed E-state index contributed by atoms with van der Waals surface area (Å²) in [6.45, 7) is 0. The Morgan fingerprint density at radius 2 is 1.33 bits per heavy atom. The Kier molecular flexibility index (Phi) is 3.00. The van der Waals surface area contributed by atoms with Gasteiger partial charge in [0.05, 0.1) is 3.57 Å². The van der Waals surface area contributed by atoms with E-state index >= 15 is 0 Å². The first-order valence-electron chi connectivity index (χ1n) is 4.38. The Bertz CT molecular complexity index is 457. The lowest BCUT2D eigenvalue weighted by Crippen LogP contribution is -1.90. The molecule has 0 amide bonds. The van der Waals surface area contributed by atoms with Crippen LogP contribution in [0, 0.1) is 15.2 Å². The lowest BCUT2D eigenvalue weighted by atomic mass is 10.1. The average Bonchev–Trinajstić information content (AvgIpc) is 2.26. The fourth-order valence-corrected chi connectivity index (χ4v) is 1.66. The quantitative estimate of drug-likeness (QED) is 0.545. The first-order chi connectivity index (χ1) is 7.18. The van der Waals surface area contributed by atoms with Gasteiger partial charge in [0, 0.05) is 0 Å². The van der Waals surface area contributed by atoms with Crippen molar-refractivity contribution in [1.82, 2.24) is 0 Å². The fourth-order valence-electron chi connectivity index (χ4n) is 1.35. The zero-order chi connectivity index (χ0) is 10.8. The first kappa shape index (κ1) is 10.5. The van der Waals surface area contributed by atoms with Gasteiger partial charge in [-0.1, -0.05) is 30.3 Å². The molecule has 0 aromatic heterocycles. The fraction of sp³-hybridized carbons (Fsp3) is 0. The van der Waals surface area contributed by atoms with E-state index in [2.05, 4.69) is 0 Å². The van der Waals surface area contributed by atoms with Gasteiger partial charge in [0.1, 0.15) is 11.6 Å². The van der Waals surface area contributed by atoms with Crippen LogP contribution in [0.3, 0.4) is 0 Å². The van der Waals surface area contributed by atoms with E-state index < -0.39 is 11.6 Å². The summed E-state index contributed by atoms with van der Waals surface area (Å²) in [5.41, 5.74) is 1.37. The predicted octanol–water partition coefficient (Wildman–Crippen LogP) is 4.24. The third-order valence-corrected chi connectivity index (χ3v) is 3.12. The monoisotopic (exact) mass is 316 g/mol. The first-order valence-corrected chi connectivity index (χ1v) is 5.46. The molecular formula is C12H7F2I. The molecular weight excluding hydrogens is 309 g/mol. The molecule has 0 aliphatic heterocycles. The molecule has 0 heterocycles. The van der Waals surface area contributed by atoms with E-state index in [0.717, 1.165) is 5.56 Å². The summed E-state index contributed by atoms with van der Waals surface area (Å²) in [4.78, 5) is 0. The van der Waals surface area contributed by atoms with Crippen molar-refractivity contribution in [2.24, 2.45) is 0 Å². The summed E-state index contributed by atoms with van der Waals surface area (Å²) in [5, 5.41) is 0. The lowest BCUT2D eigenvalue weighted by molar-refractivity contribution is 0.571. The molecule has 0 aliphatic carbocycles. The van der Waals surface area contributed by atoms with Crippen molar-refractivity contribution in [3.63, 3.8) is 0 Å². The highest BCUT2D eigenvalue weighted by molar-refractivity contribution is 14.1. The molecule has 0 spiro atoms. The topological polar surface area (TPSA) is 0 Å². The smallest absolute Gasteiger partial charge is 0.140 e. The molecule has 0 saturated heterocycles. The van der Waals surface area contributed by atoms with Gasteiger partial charge in [0.2, 0.25) is 0 Å². The van der Waals surface area contributed by atoms with Crippen molar-refractivity contribution in [2.75, 3.05) is 0 Å².